The number of rotatable bonds is 3. The van der Waals surface area contributed by atoms with Crippen molar-refractivity contribution in [1.29, 1.82) is 0 Å². The summed E-state index contributed by atoms with van der Waals surface area (Å²) in [7, 11) is 0. The van der Waals surface area contributed by atoms with Crippen LogP contribution in [0, 0.1) is 0 Å². The van der Waals surface area contributed by atoms with Crippen molar-refractivity contribution in [3.63, 3.8) is 0 Å². The molecule has 1 amide bonds. The van der Waals surface area contributed by atoms with E-state index in [0.29, 0.717) is 24.7 Å². The number of hydrogen-bond acceptors (Lipinski definition) is 3. The Bertz CT molecular complexity index is 936. The fourth-order valence-electron chi connectivity index (χ4n) is 2.91. The quantitative estimate of drug-likeness (QED) is 0.716. The maximum absolute atomic E-state index is 12.4. The van der Waals surface area contributed by atoms with E-state index in [2.05, 4.69) is 21.2 Å². The summed E-state index contributed by atoms with van der Waals surface area (Å²) in [6.45, 7) is 1.52. The minimum Gasteiger partial charge on any atom is -0.490 e. The molecule has 128 valence electrons. The number of nitrogens with one attached hydrogen (secondary N) is 1. The molecule has 0 radical (unpaired) electrons. The first-order valence-corrected chi connectivity index (χ1v) is 8.92. The molecule has 0 unspecified atom stereocenters. The summed E-state index contributed by atoms with van der Waals surface area (Å²) in [5, 5.41) is 4.02. The summed E-state index contributed by atoms with van der Waals surface area (Å²) in [5.41, 5.74) is 1.73. The van der Waals surface area contributed by atoms with Crippen LogP contribution < -0.4 is 14.8 Å². The van der Waals surface area contributed by atoms with Crippen molar-refractivity contribution < 1.29 is 14.3 Å². The molecule has 1 aliphatic rings. The number of benzene rings is 2. The van der Waals surface area contributed by atoms with Crippen LogP contribution in [0.25, 0.3) is 10.9 Å². The van der Waals surface area contributed by atoms with E-state index in [9.17, 15) is 4.79 Å². The molecule has 25 heavy (non-hydrogen) atoms. The van der Waals surface area contributed by atoms with Crippen LogP contribution in [0.3, 0.4) is 0 Å². The van der Waals surface area contributed by atoms with Crippen LogP contribution in [0.2, 0.25) is 0 Å². The molecular formula is C19H17BrN2O3. The Morgan fingerprint density at radius 3 is 2.80 bits per heavy atom. The number of ether oxygens (including phenoxy) is 2. The van der Waals surface area contributed by atoms with E-state index in [1.807, 2.05) is 53.2 Å². The molecule has 0 fully saturated rings. The molecule has 0 atom stereocenters. The highest BCUT2D eigenvalue weighted by Gasteiger charge is 2.12. The summed E-state index contributed by atoms with van der Waals surface area (Å²) >= 11 is 3.46. The molecule has 2 heterocycles. The third-order valence-electron chi connectivity index (χ3n) is 4.08. The first-order valence-electron chi connectivity index (χ1n) is 8.13. The molecule has 0 aliphatic carbocycles. The Kier molecular flexibility index (Phi) is 4.36. The normalized spacial score (nSPS) is 13.5. The molecule has 0 saturated heterocycles. The van der Waals surface area contributed by atoms with E-state index >= 15 is 0 Å². The van der Waals surface area contributed by atoms with Gasteiger partial charge in [-0.3, -0.25) is 4.79 Å². The minimum atomic E-state index is -0.0880. The zero-order chi connectivity index (χ0) is 17.2. The SMILES string of the molecule is O=C(Cn1ccc2cc(Br)ccc21)Nc1ccc2c(c1)OCCCO2. The Morgan fingerprint density at radius 2 is 1.92 bits per heavy atom. The smallest absolute Gasteiger partial charge is 0.244 e. The maximum Gasteiger partial charge on any atom is 0.244 e. The zero-order valence-corrected chi connectivity index (χ0v) is 15.1. The third-order valence-corrected chi connectivity index (χ3v) is 4.57. The van der Waals surface area contributed by atoms with E-state index in [-0.39, 0.29) is 12.5 Å². The number of aromatic nitrogens is 1. The lowest BCUT2D eigenvalue weighted by molar-refractivity contribution is -0.116. The number of carbonyl (C=O) groups is 1. The molecule has 1 aliphatic heterocycles. The second kappa shape index (κ2) is 6.80. The van der Waals surface area contributed by atoms with E-state index in [0.717, 1.165) is 27.5 Å². The van der Waals surface area contributed by atoms with Crippen molar-refractivity contribution in [2.75, 3.05) is 18.5 Å². The summed E-state index contributed by atoms with van der Waals surface area (Å²) in [4.78, 5) is 12.4. The summed E-state index contributed by atoms with van der Waals surface area (Å²) in [6, 6.07) is 13.5. The molecule has 3 aromatic rings. The second-order valence-electron chi connectivity index (χ2n) is 5.91. The summed E-state index contributed by atoms with van der Waals surface area (Å²) in [6.07, 6.45) is 2.78. The highest BCUT2D eigenvalue weighted by Crippen LogP contribution is 2.32. The van der Waals surface area contributed by atoms with Crippen molar-refractivity contribution in [1.82, 2.24) is 4.57 Å². The summed E-state index contributed by atoms with van der Waals surface area (Å²) in [5.74, 6) is 1.30. The second-order valence-corrected chi connectivity index (χ2v) is 6.82. The van der Waals surface area contributed by atoms with Crippen LogP contribution in [0.1, 0.15) is 6.42 Å². The Hall–Kier alpha value is -2.47. The number of fused-ring (bicyclic) bond motifs is 2. The molecule has 1 N–H and O–H groups in total. The maximum atomic E-state index is 12.4. The number of amides is 1. The Balaban J connectivity index is 1.49. The predicted molar refractivity (Wildman–Crippen MR) is 100 cm³/mol. The van der Waals surface area contributed by atoms with Gasteiger partial charge in [0, 0.05) is 39.7 Å². The van der Waals surface area contributed by atoms with Gasteiger partial charge in [-0.1, -0.05) is 15.9 Å². The van der Waals surface area contributed by atoms with E-state index in [1.54, 1.807) is 0 Å². The van der Waals surface area contributed by atoms with Crippen molar-refractivity contribution in [3.05, 3.63) is 53.1 Å². The first kappa shape index (κ1) is 16.0. The lowest BCUT2D eigenvalue weighted by Crippen LogP contribution is -2.18. The van der Waals surface area contributed by atoms with Gasteiger partial charge in [0.05, 0.1) is 13.2 Å². The average molecular weight is 401 g/mol. The summed E-state index contributed by atoms with van der Waals surface area (Å²) < 4.78 is 14.2. The number of halogens is 1. The third kappa shape index (κ3) is 3.49. The van der Waals surface area contributed by atoms with Gasteiger partial charge in [-0.15, -0.1) is 0 Å². The molecule has 5 nitrogen and oxygen atoms in total. The average Bonchev–Trinajstić information content (AvgIpc) is 2.83. The monoisotopic (exact) mass is 400 g/mol. The predicted octanol–water partition coefficient (Wildman–Crippen LogP) is 4.20. The van der Waals surface area contributed by atoms with Gasteiger partial charge in [0.25, 0.3) is 0 Å². The number of nitrogens with zero attached hydrogens (tertiary/aromatic N) is 1. The van der Waals surface area contributed by atoms with Gasteiger partial charge in [0.2, 0.25) is 5.91 Å². The van der Waals surface area contributed by atoms with Gasteiger partial charge in [-0.05, 0) is 36.4 Å². The van der Waals surface area contributed by atoms with Crippen LogP contribution in [-0.2, 0) is 11.3 Å². The van der Waals surface area contributed by atoms with Gasteiger partial charge in [0.15, 0.2) is 11.5 Å². The number of anilines is 1. The van der Waals surface area contributed by atoms with Crippen LogP contribution >= 0.6 is 15.9 Å². The van der Waals surface area contributed by atoms with Gasteiger partial charge < -0.3 is 19.4 Å². The van der Waals surface area contributed by atoms with Crippen LogP contribution in [0.15, 0.2) is 53.1 Å². The highest BCUT2D eigenvalue weighted by atomic mass is 79.9. The van der Waals surface area contributed by atoms with E-state index in [4.69, 9.17) is 9.47 Å². The standard InChI is InChI=1S/C19H17BrN2O3/c20-14-2-4-16-13(10-14)6-7-22(16)12-19(23)21-15-3-5-17-18(11-15)25-9-1-8-24-17/h2-7,10-11H,1,8-9,12H2,(H,21,23). The molecule has 1 aromatic heterocycles. The van der Waals surface area contributed by atoms with Crippen LogP contribution in [-0.4, -0.2) is 23.7 Å². The van der Waals surface area contributed by atoms with Crippen molar-refractivity contribution >= 4 is 38.4 Å². The largest absolute Gasteiger partial charge is 0.490 e. The van der Waals surface area contributed by atoms with Crippen molar-refractivity contribution in [3.8, 4) is 11.5 Å². The zero-order valence-electron chi connectivity index (χ0n) is 13.5. The highest BCUT2D eigenvalue weighted by molar-refractivity contribution is 9.10. The molecule has 6 heteroatoms. The molecule has 0 saturated carbocycles. The fourth-order valence-corrected chi connectivity index (χ4v) is 3.28. The van der Waals surface area contributed by atoms with E-state index < -0.39 is 0 Å². The minimum absolute atomic E-state index is 0.0880. The first-order chi connectivity index (χ1) is 12.2. The molecule has 0 spiro atoms. The number of hydrogen-bond donors (Lipinski definition) is 1. The molecular weight excluding hydrogens is 384 g/mol. The molecule has 4 rings (SSSR count). The molecule has 0 bridgehead atoms. The van der Waals surface area contributed by atoms with Crippen molar-refractivity contribution in [2.24, 2.45) is 0 Å². The number of carbonyl (C=O) groups excluding carboxylic acids is 1. The van der Waals surface area contributed by atoms with Gasteiger partial charge in [-0.25, -0.2) is 0 Å². The van der Waals surface area contributed by atoms with Gasteiger partial charge in [-0.2, -0.15) is 0 Å². The van der Waals surface area contributed by atoms with Crippen molar-refractivity contribution in [2.45, 2.75) is 13.0 Å². The topological polar surface area (TPSA) is 52.5 Å². The fraction of sp³-hybridized carbons (Fsp3) is 0.211. The lowest BCUT2D eigenvalue weighted by atomic mass is 10.2. The van der Waals surface area contributed by atoms with Crippen LogP contribution in [0.4, 0.5) is 5.69 Å². The van der Waals surface area contributed by atoms with Gasteiger partial charge in [0.1, 0.15) is 6.54 Å². The Labute approximate surface area is 153 Å². The van der Waals surface area contributed by atoms with E-state index in [1.165, 1.54) is 0 Å². The lowest BCUT2D eigenvalue weighted by Gasteiger charge is -2.11. The Morgan fingerprint density at radius 1 is 1.08 bits per heavy atom. The van der Waals surface area contributed by atoms with Crippen LogP contribution in [0.5, 0.6) is 11.5 Å². The van der Waals surface area contributed by atoms with Gasteiger partial charge >= 0.3 is 0 Å². The molecule has 2 aromatic carbocycles.